The van der Waals surface area contributed by atoms with Crippen molar-refractivity contribution in [1.29, 1.82) is 0 Å². The van der Waals surface area contributed by atoms with Gasteiger partial charge in [-0.3, -0.25) is 0 Å². The van der Waals surface area contributed by atoms with Crippen molar-refractivity contribution in [1.82, 2.24) is 0 Å². The van der Waals surface area contributed by atoms with Crippen LogP contribution in [-0.2, 0) is 39.3 Å². The number of fused-ring (bicyclic) bond motifs is 1. The van der Waals surface area contributed by atoms with Crippen LogP contribution in [0.2, 0.25) is 0 Å². The van der Waals surface area contributed by atoms with Crippen molar-refractivity contribution < 1.29 is 32.7 Å². The Bertz CT molecular complexity index is 564. The van der Waals surface area contributed by atoms with E-state index in [-0.39, 0.29) is 6.10 Å². The number of hydrogen-bond donors (Lipinski definition) is 0. The number of rotatable bonds is 10. The lowest BCUT2D eigenvalue weighted by atomic mass is 10.2. The molecule has 0 bridgehead atoms. The Balaban J connectivity index is 1.62. The molecule has 2 saturated heterocycles. The minimum Gasteiger partial charge on any atom is -0.365 e. The molecule has 1 aromatic carbocycles. The molecule has 2 fully saturated rings. The monoisotopic (exact) mass is 400 g/mol. The summed E-state index contributed by atoms with van der Waals surface area (Å²) in [6.45, 7) is 9.17. The molecule has 0 radical (unpaired) electrons. The lowest BCUT2D eigenvalue weighted by molar-refractivity contribution is -0.263. The van der Waals surface area contributed by atoms with Gasteiger partial charge in [0, 0.05) is 0 Å². The summed E-state index contributed by atoms with van der Waals surface area (Å²) in [7, 11) is -1.12. The van der Waals surface area contributed by atoms with Crippen LogP contribution in [-0.4, -0.2) is 50.1 Å². The van der Waals surface area contributed by atoms with Gasteiger partial charge in [-0.2, -0.15) is 0 Å². The lowest BCUT2D eigenvalue weighted by Crippen LogP contribution is -2.38. The summed E-state index contributed by atoms with van der Waals surface area (Å²) in [6.07, 6.45) is -1.58. The van der Waals surface area contributed by atoms with E-state index in [0.29, 0.717) is 26.2 Å². The van der Waals surface area contributed by atoms with Crippen LogP contribution in [0.25, 0.3) is 0 Å². The molecule has 2 aliphatic rings. The maximum absolute atomic E-state index is 6.13. The Morgan fingerprint density at radius 3 is 2.37 bits per heavy atom. The minimum absolute atomic E-state index is 0.301. The topological polar surface area (TPSA) is 64.6 Å². The molecule has 0 amide bonds. The van der Waals surface area contributed by atoms with Gasteiger partial charge in [0.2, 0.25) is 0 Å². The fourth-order valence-electron chi connectivity index (χ4n) is 3.06. The summed E-state index contributed by atoms with van der Waals surface area (Å²) in [5.41, 5.74) is 1.07. The van der Waals surface area contributed by atoms with Crippen LogP contribution in [0.4, 0.5) is 0 Å². The van der Waals surface area contributed by atoms with Gasteiger partial charge in [-0.1, -0.05) is 30.3 Å². The van der Waals surface area contributed by atoms with Crippen LogP contribution >= 0.6 is 8.38 Å². The molecular weight excluding hydrogens is 371 g/mol. The highest BCUT2D eigenvalue weighted by Gasteiger charge is 2.56. The molecular formula is C19H29O7P. The first-order chi connectivity index (χ1) is 13.0. The zero-order valence-corrected chi connectivity index (χ0v) is 17.2. The van der Waals surface area contributed by atoms with Gasteiger partial charge in [0.15, 0.2) is 26.7 Å². The van der Waals surface area contributed by atoms with E-state index in [9.17, 15) is 0 Å². The Kier molecular flexibility index (Phi) is 7.59. The number of benzene rings is 1. The van der Waals surface area contributed by atoms with Crippen LogP contribution in [0.1, 0.15) is 33.3 Å². The molecule has 3 rings (SSSR count). The van der Waals surface area contributed by atoms with E-state index in [4.69, 9.17) is 32.7 Å². The van der Waals surface area contributed by atoms with Crippen molar-refractivity contribution in [2.75, 3.05) is 19.6 Å². The zero-order valence-electron chi connectivity index (χ0n) is 16.3. The van der Waals surface area contributed by atoms with Gasteiger partial charge in [0.25, 0.3) is 0 Å². The van der Waals surface area contributed by atoms with E-state index in [1.165, 1.54) is 0 Å². The minimum atomic E-state index is -1.12. The molecule has 8 heteroatoms. The van der Waals surface area contributed by atoms with Crippen molar-refractivity contribution in [2.24, 2.45) is 0 Å². The van der Waals surface area contributed by atoms with Crippen LogP contribution in [0.15, 0.2) is 30.3 Å². The summed E-state index contributed by atoms with van der Waals surface area (Å²) >= 11 is 0. The summed E-state index contributed by atoms with van der Waals surface area (Å²) in [6, 6.07) is 9.97. The average molecular weight is 400 g/mol. The molecule has 0 N–H and O–H groups in total. The van der Waals surface area contributed by atoms with Gasteiger partial charge in [-0.15, -0.1) is 0 Å². The van der Waals surface area contributed by atoms with Crippen molar-refractivity contribution in [3.8, 4) is 0 Å². The summed E-state index contributed by atoms with van der Waals surface area (Å²) in [4.78, 5) is 0. The summed E-state index contributed by atoms with van der Waals surface area (Å²) in [5, 5.41) is 0. The van der Waals surface area contributed by atoms with Crippen molar-refractivity contribution >= 4 is 8.38 Å². The van der Waals surface area contributed by atoms with Crippen LogP contribution in [0, 0.1) is 0 Å². The summed E-state index contributed by atoms with van der Waals surface area (Å²) in [5.74, 6) is -0.710. The predicted octanol–water partition coefficient (Wildman–Crippen LogP) is 3.76. The van der Waals surface area contributed by atoms with Crippen molar-refractivity contribution in [3.63, 3.8) is 0 Å². The Morgan fingerprint density at radius 2 is 1.70 bits per heavy atom. The van der Waals surface area contributed by atoms with E-state index in [2.05, 4.69) is 0 Å². The predicted molar refractivity (Wildman–Crippen MR) is 99.8 cm³/mol. The maximum Gasteiger partial charge on any atom is 0.198 e. The molecule has 0 spiro atoms. The highest BCUT2D eigenvalue weighted by molar-refractivity contribution is 7.47. The maximum atomic E-state index is 6.13. The Hall–Kier alpha value is -0.630. The average Bonchev–Trinajstić information content (AvgIpc) is 3.10. The quantitative estimate of drug-likeness (QED) is 0.554. The smallest absolute Gasteiger partial charge is 0.198 e. The van der Waals surface area contributed by atoms with E-state index in [0.717, 1.165) is 5.56 Å². The molecule has 4 atom stereocenters. The second-order valence-electron chi connectivity index (χ2n) is 6.70. The first-order valence-electron chi connectivity index (χ1n) is 9.34. The van der Waals surface area contributed by atoms with Crippen LogP contribution in [0.5, 0.6) is 0 Å². The van der Waals surface area contributed by atoms with Gasteiger partial charge in [0.05, 0.1) is 19.8 Å². The SMILES string of the molecule is CCOP(COC1OC2OC(C)(C)OC2C1OCc1ccccc1)OCC. The van der Waals surface area contributed by atoms with Crippen LogP contribution in [0.3, 0.4) is 0 Å². The normalized spacial score (nSPS) is 29.4. The molecule has 7 nitrogen and oxygen atoms in total. The van der Waals surface area contributed by atoms with Gasteiger partial charge in [-0.05, 0) is 33.3 Å². The second kappa shape index (κ2) is 9.72. The fraction of sp³-hybridized carbons (Fsp3) is 0.684. The van der Waals surface area contributed by atoms with Gasteiger partial charge >= 0.3 is 0 Å². The molecule has 152 valence electrons. The molecule has 2 aliphatic heterocycles. The first kappa shape index (κ1) is 21.1. The third kappa shape index (κ3) is 5.68. The van der Waals surface area contributed by atoms with E-state index < -0.39 is 32.8 Å². The van der Waals surface area contributed by atoms with Gasteiger partial charge in [-0.25, -0.2) is 0 Å². The fourth-order valence-corrected chi connectivity index (χ4v) is 4.13. The molecule has 4 unspecified atom stereocenters. The molecule has 2 heterocycles. The highest BCUT2D eigenvalue weighted by atomic mass is 31.2. The number of ether oxygens (including phenoxy) is 5. The molecule has 0 saturated carbocycles. The standard InChI is InChI=1S/C19H29O7P/c1-5-22-27(23-6-2)13-21-17-15(20-12-14-10-8-7-9-11-14)16-18(24-17)26-19(3,4)25-16/h7-11,15-18H,5-6,12-13H2,1-4H3. The van der Waals surface area contributed by atoms with E-state index in [1.54, 1.807) is 0 Å². The molecule has 27 heavy (non-hydrogen) atoms. The molecule has 1 aromatic rings. The Labute approximate surface area is 162 Å². The van der Waals surface area contributed by atoms with Crippen LogP contribution < -0.4 is 0 Å². The molecule has 0 aliphatic carbocycles. The van der Waals surface area contributed by atoms with E-state index >= 15 is 0 Å². The van der Waals surface area contributed by atoms with Gasteiger partial charge in [0.1, 0.15) is 18.6 Å². The summed E-state index contributed by atoms with van der Waals surface area (Å²) < 4.78 is 41.0. The Morgan fingerprint density at radius 1 is 1.00 bits per heavy atom. The zero-order chi connectivity index (χ0) is 19.3. The van der Waals surface area contributed by atoms with Crippen molar-refractivity contribution in [2.45, 2.75) is 64.9 Å². The van der Waals surface area contributed by atoms with E-state index in [1.807, 2.05) is 58.0 Å². The second-order valence-corrected chi connectivity index (χ2v) is 8.14. The molecule has 0 aromatic heterocycles. The highest BCUT2D eigenvalue weighted by Crippen LogP contribution is 2.42. The van der Waals surface area contributed by atoms with Crippen molar-refractivity contribution in [3.05, 3.63) is 35.9 Å². The number of hydrogen-bond acceptors (Lipinski definition) is 7. The lowest BCUT2D eigenvalue weighted by Gasteiger charge is -2.27. The third-order valence-electron chi connectivity index (χ3n) is 4.12. The first-order valence-corrected chi connectivity index (χ1v) is 10.7. The third-order valence-corrected chi connectivity index (χ3v) is 5.58. The van der Waals surface area contributed by atoms with Gasteiger partial charge < -0.3 is 32.7 Å². The largest absolute Gasteiger partial charge is 0.365 e.